The van der Waals surface area contributed by atoms with Gasteiger partial charge in [0, 0.05) is 5.56 Å². The van der Waals surface area contributed by atoms with Crippen molar-refractivity contribution in [2.75, 3.05) is 6.61 Å². The lowest BCUT2D eigenvalue weighted by atomic mass is 10.1. The van der Waals surface area contributed by atoms with E-state index in [1.165, 1.54) is 0 Å². The van der Waals surface area contributed by atoms with Crippen LogP contribution in [0.3, 0.4) is 0 Å². The summed E-state index contributed by atoms with van der Waals surface area (Å²) >= 11 is 0. The van der Waals surface area contributed by atoms with E-state index in [-0.39, 0.29) is 11.3 Å². The summed E-state index contributed by atoms with van der Waals surface area (Å²) in [7, 11) is 0. The first-order valence-electron chi connectivity index (χ1n) is 7.13. The second-order valence-electron chi connectivity index (χ2n) is 5.27. The molecule has 1 aromatic rings. The average molecular weight is 275 g/mol. The van der Waals surface area contributed by atoms with Gasteiger partial charge in [-0.25, -0.2) is 4.79 Å². The minimum atomic E-state index is -0.444. The van der Waals surface area contributed by atoms with Crippen molar-refractivity contribution in [1.29, 1.82) is 0 Å². The van der Waals surface area contributed by atoms with Crippen molar-refractivity contribution in [1.82, 2.24) is 0 Å². The van der Waals surface area contributed by atoms with Crippen molar-refractivity contribution < 1.29 is 14.4 Å². The fraction of sp³-hybridized carbons (Fsp3) is 0.500. The van der Waals surface area contributed by atoms with Gasteiger partial charge >= 0.3 is 5.97 Å². The molecule has 0 spiro atoms. The van der Waals surface area contributed by atoms with Crippen LogP contribution in [-0.4, -0.2) is 23.9 Å². The maximum absolute atomic E-state index is 12.0. The minimum absolute atomic E-state index is 0.237. The van der Waals surface area contributed by atoms with Crippen LogP contribution < -0.4 is 0 Å². The van der Waals surface area contributed by atoms with E-state index in [1.54, 1.807) is 6.92 Å². The van der Waals surface area contributed by atoms with Crippen molar-refractivity contribution >= 4 is 11.7 Å². The Bertz CT molecular complexity index is 476. The molecule has 0 bridgehead atoms. The van der Waals surface area contributed by atoms with Gasteiger partial charge in [-0.3, -0.25) is 0 Å². The summed E-state index contributed by atoms with van der Waals surface area (Å²) < 4.78 is 5.06. The summed E-state index contributed by atoms with van der Waals surface area (Å²) in [5.41, 5.74) is 0.695. The van der Waals surface area contributed by atoms with Gasteiger partial charge in [-0.15, -0.1) is 0 Å². The minimum Gasteiger partial charge on any atom is -0.461 e. The van der Waals surface area contributed by atoms with E-state index in [2.05, 4.69) is 5.16 Å². The number of carbonyl (C=O) groups is 1. The molecule has 20 heavy (non-hydrogen) atoms. The van der Waals surface area contributed by atoms with Crippen LogP contribution in [0.2, 0.25) is 0 Å². The number of oxime groups is 1. The van der Waals surface area contributed by atoms with Crippen LogP contribution in [0.1, 0.15) is 45.1 Å². The van der Waals surface area contributed by atoms with Gasteiger partial charge in [0.1, 0.15) is 5.60 Å². The van der Waals surface area contributed by atoms with Crippen molar-refractivity contribution in [3.8, 4) is 0 Å². The molecule has 0 aromatic heterocycles. The van der Waals surface area contributed by atoms with E-state index in [0.29, 0.717) is 12.2 Å². The van der Waals surface area contributed by atoms with Crippen LogP contribution in [0.25, 0.3) is 0 Å². The van der Waals surface area contributed by atoms with Crippen LogP contribution in [-0.2, 0) is 14.4 Å². The number of benzene rings is 1. The van der Waals surface area contributed by atoms with E-state index in [4.69, 9.17) is 9.57 Å². The van der Waals surface area contributed by atoms with E-state index in [0.717, 1.165) is 25.7 Å². The molecule has 0 saturated heterocycles. The molecule has 0 radical (unpaired) electrons. The normalized spacial score (nSPS) is 17.8. The quantitative estimate of drug-likeness (QED) is 0.470. The molecule has 1 aromatic carbocycles. The Morgan fingerprint density at radius 1 is 1.25 bits per heavy atom. The summed E-state index contributed by atoms with van der Waals surface area (Å²) in [5.74, 6) is -0.444. The van der Waals surface area contributed by atoms with Gasteiger partial charge in [-0.2, -0.15) is 0 Å². The first-order chi connectivity index (χ1) is 9.64. The number of esters is 1. The highest BCUT2D eigenvalue weighted by Gasteiger charge is 2.31. The number of ether oxygens (including phenoxy) is 1. The van der Waals surface area contributed by atoms with Crippen LogP contribution in [0.4, 0.5) is 0 Å². The first-order valence-corrected chi connectivity index (χ1v) is 7.13. The molecular formula is C16H21NO3. The highest BCUT2D eigenvalue weighted by atomic mass is 16.7. The summed E-state index contributed by atoms with van der Waals surface area (Å²) in [4.78, 5) is 17.7. The van der Waals surface area contributed by atoms with E-state index >= 15 is 0 Å². The number of hydrogen-bond donors (Lipinski definition) is 0. The Hall–Kier alpha value is -1.84. The molecule has 0 aliphatic heterocycles. The molecular weight excluding hydrogens is 254 g/mol. The highest BCUT2D eigenvalue weighted by molar-refractivity contribution is 6.43. The maximum atomic E-state index is 12.0. The van der Waals surface area contributed by atoms with Gasteiger partial charge in [0.15, 0.2) is 5.71 Å². The standard InChI is InChI=1S/C16H21NO3/c1-3-19-15(18)14(13-9-5-4-6-10-13)17-20-16(2)11-7-8-12-16/h4-6,9-10H,3,7-8,11-12H2,1-2H3. The third-order valence-electron chi connectivity index (χ3n) is 3.53. The molecule has 1 fully saturated rings. The lowest BCUT2D eigenvalue weighted by molar-refractivity contribution is -0.135. The number of hydrogen-bond acceptors (Lipinski definition) is 4. The van der Waals surface area contributed by atoms with Gasteiger partial charge < -0.3 is 9.57 Å². The number of rotatable bonds is 5. The summed E-state index contributed by atoms with van der Waals surface area (Å²) in [6.45, 7) is 4.14. The molecule has 4 heteroatoms. The smallest absolute Gasteiger partial charge is 0.361 e. The zero-order chi connectivity index (χ0) is 14.4. The largest absolute Gasteiger partial charge is 0.461 e. The zero-order valence-electron chi connectivity index (χ0n) is 12.1. The second-order valence-corrected chi connectivity index (χ2v) is 5.27. The van der Waals surface area contributed by atoms with Crippen molar-refractivity contribution in [2.45, 2.75) is 45.1 Å². The zero-order valence-corrected chi connectivity index (χ0v) is 12.1. The highest BCUT2D eigenvalue weighted by Crippen LogP contribution is 2.32. The number of nitrogens with zero attached hydrogens (tertiary/aromatic N) is 1. The molecule has 4 nitrogen and oxygen atoms in total. The monoisotopic (exact) mass is 275 g/mol. The molecule has 0 amide bonds. The van der Waals surface area contributed by atoms with Crippen molar-refractivity contribution in [3.63, 3.8) is 0 Å². The molecule has 0 unspecified atom stereocenters. The molecule has 108 valence electrons. The Labute approximate surface area is 119 Å². The van der Waals surface area contributed by atoms with Gasteiger partial charge in [0.25, 0.3) is 0 Å². The third kappa shape index (κ3) is 3.59. The summed E-state index contributed by atoms with van der Waals surface area (Å²) in [6, 6.07) is 9.28. The topological polar surface area (TPSA) is 47.9 Å². The molecule has 1 aliphatic carbocycles. The molecule has 1 aliphatic rings. The van der Waals surface area contributed by atoms with Crippen molar-refractivity contribution in [3.05, 3.63) is 35.9 Å². The van der Waals surface area contributed by atoms with E-state index < -0.39 is 5.97 Å². The number of carbonyl (C=O) groups excluding carboxylic acids is 1. The lowest BCUT2D eigenvalue weighted by Crippen LogP contribution is -2.25. The SMILES string of the molecule is CCOC(=O)C(=NOC1(C)CCCC1)c1ccccc1. The van der Waals surface area contributed by atoms with E-state index in [9.17, 15) is 4.79 Å². The Morgan fingerprint density at radius 2 is 1.90 bits per heavy atom. The summed E-state index contributed by atoms with van der Waals surface area (Å²) in [5, 5.41) is 4.11. The lowest BCUT2D eigenvalue weighted by Gasteiger charge is -2.21. The van der Waals surface area contributed by atoms with Gasteiger partial charge in [-0.05, 0) is 39.5 Å². The maximum Gasteiger partial charge on any atom is 0.361 e. The van der Waals surface area contributed by atoms with Gasteiger partial charge in [0.05, 0.1) is 6.61 Å². The van der Waals surface area contributed by atoms with Crippen molar-refractivity contribution in [2.24, 2.45) is 5.16 Å². The Kier molecular flexibility index (Phi) is 4.77. The first kappa shape index (κ1) is 14.6. The third-order valence-corrected chi connectivity index (χ3v) is 3.53. The summed E-state index contributed by atoms with van der Waals surface area (Å²) in [6.07, 6.45) is 4.24. The van der Waals surface area contributed by atoms with Crippen LogP contribution >= 0.6 is 0 Å². The molecule has 0 N–H and O–H groups in total. The van der Waals surface area contributed by atoms with Crippen LogP contribution in [0, 0.1) is 0 Å². The fourth-order valence-electron chi connectivity index (χ4n) is 2.37. The molecule has 0 atom stereocenters. The Morgan fingerprint density at radius 3 is 2.50 bits per heavy atom. The van der Waals surface area contributed by atoms with E-state index in [1.807, 2.05) is 37.3 Å². The second kappa shape index (κ2) is 6.55. The molecule has 1 saturated carbocycles. The van der Waals surface area contributed by atoms with Gasteiger partial charge in [-0.1, -0.05) is 35.5 Å². The molecule has 2 rings (SSSR count). The average Bonchev–Trinajstić information content (AvgIpc) is 2.88. The predicted molar refractivity (Wildman–Crippen MR) is 77.6 cm³/mol. The van der Waals surface area contributed by atoms with Gasteiger partial charge in [0.2, 0.25) is 0 Å². The van der Waals surface area contributed by atoms with Crippen LogP contribution in [0.15, 0.2) is 35.5 Å². The molecule has 0 heterocycles. The Balaban J connectivity index is 2.20. The fourth-order valence-corrected chi connectivity index (χ4v) is 2.37. The predicted octanol–water partition coefficient (Wildman–Crippen LogP) is 3.30. The van der Waals surface area contributed by atoms with Crippen LogP contribution in [0.5, 0.6) is 0 Å².